The van der Waals surface area contributed by atoms with E-state index in [-0.39, 0.29) is 16.5 Å². The summed E-state index contributed by atoms with van der Waals surface area (Å²) < 4.78 is 30.3. The molecule has 1 rings (SSSR count). The predicted molar refractivity (Wildman–Crippen MR) is 50.3 cm³/mol. The van der Waals surface area contributed by atoms with Crippen molar-refractivity contribution >= 4 is 21.9 Å². The van der Waals surface area contributed by atoms with Crippen molar-refractivity contribution in [3.8, 4) is 0 Å². The van der Waals surface area contributed by atoms with Crippen molar-refractivity contribution in [1.82, 2.24) is 0 Å². The van der Waals surface area contributed by atoms with E-state index in [1.165, 1.54) is 0 Å². The Hall–Kier alpha value is -0.970. The molecule has 0 unspecified atom stereocenters. The highest BCUT2D eigenvalue weighted by atomic mass is 79.9. The molecule has 14 heavy (non-hydrogen) atoms. The molecular weight excluding hydrogens is 258 g/mol. The molecule has 0 atom stereocenters. The fraction of sp³-hybridized carbons (Fsp3) is 0.222. The van der Waals surface area contributed by atoms with Gasteiger partial charge in [0.05, 0.1) is 12.7 Å². The molecule has 0 saturated heterocycles. The first-order valence-corrected chi connectivity index (χ1v) is 4.84. The number of carbonyl (C=O) groups is 1. The number of ether oxygens (including phenoxy) is 1. The molecule has 0 radical (unpaired) electrons. The molecule has 0 spiro atoms. The Labute approximate surface area is 88.0 Å². The number of esters is 1. The van der Waals surface area contributed by atoms with E-state index in [0.717, 1.165) is 13.2 Å². The zero-order valence-corrected chi connectivity index (χ0v) is 8.90. The molecule has 1 aromatic carbocycles. The van der Waals surface area contributed by atoms with Gasteiger partial charge in [-0.15, -0.1) is 0 Å². The van der Waals surface area contributed by atoms with Crippen LogP contribution in [-0.2, 0) is 10.1 Å². The van der Waals surface area contributed by atoms with Crippen LogP contribution >= 0.6 is 15.9 Å². The van der Waals surface area contributed by atoms with Gasteiger partial charge in [-0.3, -0.25) is 0 Å². The van der Waals surface area contributed by atoms with Gasteiger partial charge in [-0.05, 0) is 11.6 Å². The number of rotatable bonds is 2. The van der Waals surface area contributed by atoms with Crippen molar-refractivity contribution < 1.29 is 18.3 Å². The van der Waals surface area contributed by atoms with E-state index in [2.05, 4.69) is 20.7 Å². The molecule has 0 heterocycles. The van der Waals surface area contributed by atoms with Crippen LogP contribution in [0.2, 0.25) is 0 Å². The first-order valence-electron chi connectivity index (χ1n) is 3.72. The molecule has 0 fully saturated rings. The molecule has 2 nitrogen and oxygen atoms in total. The Morgan fingerprint density at radius 2 is 2.14 bits per heavy atom. The first-order chi connectivity index (χ1) is 6.60. The Morgan fingerprint density at radius 1 is 1.50 bits per heavy atom. The Balaban J connectivity index is 3.32. The third-order valence-electron chi connectivity index (χ3n) is 1.67. The monoisotopic (exact) mass is 264 g/mol. The lowest BCUT2D eigenvalue weighted by atomic mass is 10.1. The van der Waals surface area contributed by atoms with E-state index in [1.807, 2.05) is 0 Å². The lowest BCUT2D eigenvalue weighted by molar-refractivity contribution is 0.0594. The predicted octanol–water partition coefficient (Wildman–Crippen LogP) is 2.65. The Kier molecular flexibility index (Phi) is 3.57. The summed E-state index contributed by atoms with van der Waals surface area (Å²) in [5, 5.41) is 0.187. The molecule has 0 aliphatic heterocycles. The minimum absolute atomic E-state index is 0.187. The number of alkyl halides is 1. The van der Waals surface area contributed by atoms with Gasteiger partial charge in [0.15, 0.2) is 0 Å². The fourth-order valence-corrected chi connectivity index (χ4v) is 1.51. The van der Waals surface area contributed by atoms with Gasteiger partial charge in [0.2, 0.25) is 0 Å². The second-order valence-electron chi connectivity index (χ2n) is 2.55. The van der Waals surface area contributed by atoms with Gasteiger partial charge >= 0.3 is 5.97 Å². The molecule has 0 aliphatic carbocycles. The summed E-state index contributed by atoms with van der Waals surface area (Å²) in [7, 11) is 1.14. The van der Waals surface area contributed by atoms with Crippen LogP contribution in [0, 0.1) is 11.6 Å². The van der Waals surface area contributed by atoms with E-state index in [9.17, 15) is 13.6 Å². The van der Waals surface area contributed by atoms with E-state index in [0.29, 0.717) is 6.07 Å². The average Bonchev–Trinajstić information content (AvgIpc) is 2.15. The van der Waals surface area contributed by atoms with Crippen LogP contribution in [0.4, 0.5) is 8.78 Å². The number of benzene rings is 1. The van der Waals surface area contributed by atoms with Gasteiger partial charge in [0.1, 0.15) is 11.6 Å². The quantitative estimate of drug-likeness (QED) is 0.607. The fourth-order valence-electron chi connectivity index (χ4n) is 1.06. The van der Waals surface area contributed by atoms with Crippen LogP contribution in [0.3, 0.4) is 0 Å². The SMILES string of the molecule is COC(=O)c1c(F)cc(F)cc1CBr. The van der Waals surface area contributed by atoms with Crippen molar-refractivity contribution in [1.29, 1.82) is 0 Å². The third kappa shape index (κ3) is 2.09. The number of hydrogen-bond donors (Lipinski definition) is 0. The molecule has 0 N–H and O–H groups in total. The maximum absolute atomic E-state index is 13.2. The zero-order chi connectivity index (χ0) is 10.7. The number of carbonyl (C=O) groups excluding carboxylic acids is 1. The highest BCUT2D eigenvalue weighted by Crippen LogP contribution is 2.19. The topological polar surface area (TPSA) is 26.3 Å². The second kappa shape index (κ2) is 4.50. The average molecular weight is 265 g/mol. The van der Waals surface area contributed by atoms with Crippen LogP contribution in [0.25, 0.3) is 0 Å². The highest BCUT2D eigenvalue weighted by Gasteiger charge is 2.18. The van der Waals surface area contributed by atoms with E-state index in [1.54, 1.807) is 0 Å². The van der Waals surface area contributed by atoms with Crippen molar-refractivity contribution in [2.45, 2.75) is 5.33 Å². The van der Waals surface area contributed by atoms with E-state index in [4.69, 9.17) is 0 Å². The van der Waals surface area contributed by atoms with Gasteiger partial charge in [-0.25, -0.2) is 13.6 Å². The zero-order valence-electron chi connectivity index (χ0n) is 7.31. The molecular formula is C9H7BrF2O2. The second-order valence-corrected chi connectivity index (χ2v) is 3.11. The van der Waals surface area contributed by atoms with Gasteiger partial charge in [-0.1, -0.05) is 15.9 Å². The van der Waals surface area contributed by atoms with Crippen LogP contribution in [0.5, 0.6) is 0 Å². The van der Waals surface area contributed by atoms with Crippen LogP contribution < -0.4 is 0 Å². The molecule has 0 saturated carbocycles. The van der Waals surface area contributed by atoms with E-state index < -0.39 is 17.6 Å². The lowest BCUT2D eigenvalue weighted by Gasteiger charge is -2.06. The summed E-state index contributed by atoms with van der Waals surface area (Å²) in [6.07, 6.45) is 0. The first kappa shape index (κ1) is 11.1. The minimum atomic E-state index is -0.911. The summed E-state index contributed by atoms with van der Waals surface area (Å²) in [5.74, 6) is -2.44. The minimum Gasteiger partial charge on any atom is -0.465 e. The summed E-state index contributed by atoms with van der Waals surface area (Å²) in [6.45, 7) is 0. The van der Waals surface area contributed by atoms with Crippen molar-refractivity contribution in [3.05, 3.63) is 34.9 Å². The van der Waals surface area contributed by atoms with E-state index >= 15 is 0 Å². The van der Waals surface area contributed by atoms with Crippen molar-refractivity contribution in [2.75, 3.05) is 7.11 Å². The van der Waals surface area contributed by atoms with Crippen LogP contribution in [0.15, 0.2) is 12.1 Å². The third-order valence-corrected chi connectivity index (χ3v) is 2.27. The maximum atomic E-state index is 13.2. The summed E-state index contributed by atoms with van der Waals surface area (Å²) in [5.41, 5.74) is 0.000116. The Morgan fingerprint density at radius 3 is 2.64 bits per heavy atom. The smallest absolute Gasteiger partial charge is 0.341 e. The molecule has 0 aromatic heterocycles. The number of hydrogen-bond acceptors (Lipinski definition) is 2. The van der Waals surface area contributed by atoms with Crippen LogP contribution in [0.1, 0.15) is 15.9 Å². The largest absolute Gasteiger partial charge is 0.465 e. The number of halogens is 3. The van der Waals surface area contributed by atoms with Crippen molar-refractivity contribution in [2.24, 2.45) is 0 Å². The highest BCUT2D eigenvalue weighted by molar-refractivity contribution is 9.08. The Bertz CT molecular complexity index is 366. The molecule has 5 heteroatoms. The maximum Gasteiger partial charge on any atom is 0.341 e. The van der Waals surface area contributed by atoms with Gasteiger partial charge in [0.25, 0.3) is 0 Å². The molecule has 76 valence electrons. The van der Waals surface area contributed by atoms with Crippen molar-refractivity contribution in [3.63, 3.8) is 0 Å². The summed E-state index contributed by atoms with van der Waals surface area (Å²) >= 11 is 3.03. The number of methoxy groups -OCH3 is 1. The molecule has 0 aliphatic rings. The molecule has 0 bridgehead atoms. The van der Waals surface area contributed by atoms with Crippen LogP contribution in [-0.4, -0.2) is 13.1 Å². The summed E-state index contributed by atoms with van der Waals surface area (Å²) in [6, 6.07) is 1.74. The molecule has 1 aromatic rings. The lowest BCUT2D eigenvalue weighted by Crippen LogP contribution is -2.08. The summed E-state index contributed by atoms with van der Waals surface area (Å²) in [4.78, 5) is 11.1. The van der Waals surface area contributed by atoms with Gasteiger partial charge in [-0.2, -0.15) is 0 Å². The standard InChI is InChI=1S/C9H7BrF2O2/c1-14-9(13)8-5(4-10)2-6(11)3-7(8)12/h2-3H,4H2,1H3. The molecule has 0 amide bonds. The van der Waals surface area contributed by atoms with Gasteiger partial charge in [0, 0.05) is 11.4 Å². The van der Waals surface area contributed by atoms with Gasteiger partial charge < -0.3 is 4.74 Å². The normalized spacial score (nSPS) is 10.0.